The first-order valence-electron chi connectivity index (χ1n) is 12.2. The number of carbonyl (C=O) groups excluding carboxylic acids is 1. The van der Waals surface area contributed by atoms with E-state index >= 15 is 0 Å². The summed E-state index contributed by atoms with van der Waals surface area (Å²) in [5.74, 6) is 0.365. The van der Waals surface area contributed by atoms with E-state index in [1.54, 1.807) is 7.11 Å². The van der Waals surface area contributed by atoms with Crippen LogP contribution in [-0.2, 0) is 17.6 Å². The number of piperidine rings is 1. The molecule has 3 atom stereocenters. The van der Waals surface area contributed by atoms with Gasteiger partial charge >= 0.3 is 0 Å². The number of ether oxygens (including phenoxy) is 1. The molecule has 1 fully saturated rings. The minimum atomic E-state index is -0.878. The van der Waals surface area contributed by atoms with Gasteiger partial charge in [-0.1, -0.05) is 54.6 Å². The van der Waals surface area contributed by atoms with Crippen molar-refractivity contribution in [3.05, 3.63) is 95.1 Å². The molecule has 3 aromatic carbocycles. The Morgan fingerprint density at radius 1 is 1.00 bits per heavy atom. The van der Waals surface area contributed by atoms with Gasteiger partial charge in [0.2, 0.25) is 5.91 Å². The number of anilines is 1. The Kier molecular flexibility index (Phi) is 6.66. The zero-order chi connectivity index (χ0) is 23.5. The monoisotopic (exact) mass is 456 g/mol. The highest BCUT2D eigenvalue weighted by atomic mass is 16.5. The molecule has 2 aliphatic rings. The number of aryl methyl sites for hydroxylation is 2. The summed E-state index contributed by atoms with van der Waals surface area (Å²) in [6.07, 6.45) is 4.10. The van der Waals surface area contributed by atoms with E-state index in [0.29, 0.717) is 17.9 Å². The maximum absolute atomic E-state index is 13.6. The second-order valence-corrected chi connectivity index (χ2v) is 9.28. The van der Waals surface area contributed by atoms with E-state index in [1.165, 1.54) is 17.5 Å². The Labute approximate surface area is 201 Å². The fourth-order valence-electron chi connectivity index (χ4n) is 5.59. The zero-order valence-corrected chi connectivity index (χ0v) is 19.6. The van der Waals surface area contributed by atoms with Crippen LogP contribution in [0.5, 0.6) is 5.75 Å². The second-order valence-electron chi connectivity index (χ2n) is 9.28. The van der Waals surface area contributed by atoms with Crippen molar-refractivity contribution in [3.8, 4) is 5.75 Å². The van der Waals surface area contributed by atoms with Crippen molar-refractivity contribution in [3.63, 3.8) is 0 Å². The minimum absolute atomic E-state index is 0.00345. The van der Waals surface area contributed by atoms with Crippen LogP contribution in [0.3, 0.4) is 0 Å². The van der Waals surface area contributed by atoms with Crippen LogP contribution in [0.15, 0.2) is 72.8 Å². The Hall–Kier alpha value is -3.15. The molecule has 1 aliphatic heterocycles. The van der Waals surface area contributed by atoms with Gasteiger partial charge in [0.25, 0.3) is 0 Å². The molecule has 0 aromatic heterocycles. The number of amides is 1. The third-order valence-electron chi connectivity index (χ3n) is 7.25. The Balaban J connectivity index is 1.45. The lowest BCUT2D eigenvalue weighted by molar-refractivity contribution is -0.128. The van der Waals surface area contributed by atoms with Gasteiger partial charge in [-0.05, 0) is 67.0 Å². The first-order valence-corrected chi connectivity index (χ1v) is 12.2. The van der Waals surface area contributed by atoms with Gasteiger partial charge in [-0.2, -0.15) is 0 Å². The quantitative estimate of drug-likeness (QED) is 0.531. The molecule has 5 nitrogen and oxygen atoms in total. The summed E-state index contributed by atoms with van der Waals surface area (Å²) >= 11 is 0. The molecule has 176 valence electrons. The van der Waals surface area contributed by atoms with Crippen LogP contribution < -0.4 is 10.1 Å². The number of rotatable bonds is 6. The molecule has 0 saturated carbocycles. The van der Waals surface area contributed by atoms with Crippen molar-refractivity contribution in [2.45, 2.75) is 44.4 Å². The summed E-state index contributed by atoms with van der Waals surface area (Å²) in [5.41, 5.74) is 5.34. The number of methoxy groups -OCH3 is 1. The molecule has 3 aromatic rings. The molecule has 0 bridgehead atoms. The lowest BCUT2D eigenvalue weighted by atomic mass is 9.83. The van der Waals surface area contributed by atoms with Crippen molar-refractivity contribution in [1.29, 1.82) is 0 Å². The Bertz CT molecular complexity index is 1150. The number of benzene rings is 3. The molecule has 5 rings (SSSR count). The molecule has 3 unspecified atom stereocenters. The molecular weight excluding hydrogens is 424 g/mol. The number of aliphatic hydroxyl groups excluding tert-OH is 1. The van der Waals surface area contributed by atoms with Gasteiger partial charge < -0.3 is 15.2 Å². The van der Waals surface area contributed by atoms with Gasteiger partial charge in [-0.25, -0.2) is 0 Å². The smallest absolute Gasteiger partial charge is 0.229 e. The molecular formula is C29H32N2O3. The zero-order valence-electron chi connectivity index (χ0n) is 19.6. The van der Waals surface area contributed by atoms with Gasteiger partial charge in [0, 0.05) is 23.8 Å². The van der Waals surface area contributed by atoms with Crippen molar-refractivity contribution in [2.24, 2.45) is 5.92 Å². The fourth-order valence-corrected chi connectivity index (χ4v) is 5.59. The number of fused-ring (bicyclic) bond motifs is 1. The number of aliphatic hydroxyl groups is 1. The van der Waals surface area contributed by atoms with E-state index in [-0.39, 0.29) is 17.9 Å². The van der Waals surface area contributed by atoms with Crippen LogP contribution in [0.1, 0.15) is 53.8 Å². The van der Waals surface area contributed by atoms with E-state index in [1.807, 2.05) is 65.6 Å². The summed E-state index contributed by atoms with van der Waals surface area (Å²) in [6, 6.07) is 23.7. The minimum Gasteiger partial charge on any atom is -0.496 e. The molecule has 2 N–H and O–H groups in total. The van der Waals surface area contributed by atoms with E-state index in [2.05, 4.69) is 17.4 Å². The van der Waals surface area contributed by atoms with Gasteiger partial charge in [-0.15, -0.1) is 0 Å². The normalized spacial score (nSPS) is 21.0. The number of hydrogen-bond donors (Lipinski definition) is 2. The number of nitrogens with zero attached hydrogens (tertiary/aromatic N) is 1. The Morgan fingerprint density at radius 3 is 2.59 bits per heavy atom. The molecule has 1 aliphatic carbocycles. The van der Waals surface area contributed by atoms with E-state index in [4.69, 9.17) is 4.74 Å². The first kappa shape index (κ1) is 22.6. The van der Waals surface area contributed by atoms with Crippen molar-refractivity contribution >= 4 is 11.6 Å². The van der Waals surface area contributed by atoms with Crippen molar-refractivity contribution in [1.82, 2.24) is 4.90 Å². The standard InChI is InChI=1S/C29H32N2O3/c1-34-26-15-6-5-13-24(26)29(33)31-18-8-14-25(27(31)21-9-3-2-4-10-21)28(32)30-23-17-16-20-11-7-12-22(20)19-23/h2-6,9-10,13,15-17,19,25,27,29,33H,7-8,11-12,14,18H2,1H3,(H,30,32). The van der Waals surface area contributed by atoms with Crippen molar-refractivity contribution < 1.29 is 14.6 Å². The summed E-state index contributed by atoms with van der Waals surface area (Å²) in [6.45, 7) is 0.696. The fraction of sp³-hybridized carbons (Fsp3) is 0.345. The molecule has 0 radical (unpaired) electrons. The van der Waals surface area contributed by atoms with Gasteiger partial charge in [-0.3, -0.25) is 9.69 Å². The molecule has 1 heterocycles. The van der Waals surface area contributed by atoms with Crippen LogP contribution in [0.2, 0.25) is 0 Å². The van der Waals surface area contributed by atoms with Crippen LogP contribution in [-0.4, -0.2) is 29.6 Å². The van der Waals surface area contributed by atoms with Crippen LogP contribution in [0.25, 0.3) is 0 Å². The SMILES string of the molecule is COc1ccccc1C(O)N1CCCC(C(=O)Nc2ccc3c(c2)CCC3)C1c1ccccc1. The lowest BCUT2D eigenvalue weighted by Crippen LogP contribution is -2.45. The molecule has 0 spiro atoms. The maximum atomic E-state index is 13.6. The number of carbonyl (C=O) groups is 1. The molecule has 1 amide bonds. The van der Waals surface area contributed by atoms with Crippen molar-refractivity contribution in [2.75, 3.05) is 19.0 Å². The number of hydrogen-bond acceptors (Lipinski definition) is 4. The molecule has 5 heteroatoms. The highest BCUT2D eigenvalue weighted by Crippen LogP contribution is 2.42. The van der Waals surface area contributed by atoms with Crippen LogP contribution in [0, 0.1) is 5.92 Å². The number of nitrogens with one attached hydrogen (secondary N) is 1. The average Bonchev–Trinajstić information content (AvgIpc) is 3.36. The highest BCUT2D eigenvalue weighted by Gasteiger charge is 2.40. The summed E-state index contributed by atoms with van der Waals surface area (Å²) < 4.78 is 5.52. The van der Waals surface area contributed by atoms with Crippen LogP contribution >= 0.6 is 0 Å². The molecule has 34 heavy (non-hydrogen) atoms. The summed E-state index contributed by atoms with van der Waals surface area (Å²) in [7, 11) is 1.61. The maximum Gasteiger partial charge on any atom is 0.229 e. The topological polar surface area (TPSA) is 61.8 Å². The third-order valence-corrected chi connectivity index (χ3v) is 7.25. The van der Waals surface area contributed by atoms with E-state index < -0.39 is 6.23 Å². The number of para-hydroxylation sites is 1. The van der Waals surface area contributed by atoms with Gasteiger partial charge in [0.15, 0.2) is 0 Å². The summed E-state index contributed by atoms with van der Waals surface area (Å²) in [4.78, 5) is 15.7. The lowest BCUT2D eigenvalue weighted by Gasteiger charge is -2.43. The largest absolute Gasteiger partial charge is 0.496 e. The second kappa shape index (κ2) is 10.00. The first-order chi connectivity index (χ1) is 16.7. The molecule has 1 saturated heterocycles. The highest BCUT2D eigenvalue weighted by molar-refractivity contribution is 5.93. The predicted molar refractivity (Wildman–Crippen MR) is 134 cm³/mol. The van der Waals surface area contributed by atoms with Crippen LogP contribution in [0.4, 0.5) is 5.69 Å². The number of likely N-dealkylation sites (tertiary alicyclic amines) is 1. The van der Waals surface area contributed by atoms with Gasteiger partial charge in [0.05, 0.1) is 13.0 Å². The van der Waals surface area contributed by atoms with E-state index in [0.717, 1.165) is 36.9 Å². The summed E-state index contributed by atoms with van der Waals surface area (Å²) in [5, 5.41) is 14.7. The average molecular weight is 457 g/mol. The van der Waals surface area contributed by atoms with Gasteiger partial charge in [0.1, 0.15) is 12.0 Å². The Morgan fingerprint density at radius 2 is 1.76 bits per heavy atom. The predicted octanol–water partition coefficient (Wildman–Crippen LogP) is 5.27. The van der Waals surface area contributed by atoms with E-state index in [9.17, 15) is 9.90 Å². The third kappa shape index (κ3) is 4.46.